The number of carbonyl (C=O) groups excluding carboxylic acids is 1. The predicted molar refractivity (Wildman–Crippen MR) is 86.0 cm³/mol. The number of halogens is 1. The third-order valence-corrected chi connectivity index (χ3v) is 2.92. The molecule has 1 atom stereocenters. The van der Waals surface area contributed by atoms with Gasteiger partial charge in [-0.2, -0.15) is 5.26 Å². The van der Waals surface area contributed by atoms with Gasteiger partial charge in [-0.3, -0.25) is 0 Å². The predicted octanol–water partition coefficient (Wildman–Crippen LogP) is 3.67. The van der Waals surface area contributed by atoms with Gasteiger partial charge < -0.3 is 15.4 Å². The molecule has 0 heterocycles. The number of ether oxygens (including phenoxy) is 1. The number of benzene rings is 1. The lowest BCUT2D eigenvalue weighted by molar-refractivity contribution is 0.0527. The second-order valence-electron chi connectivity index (χ2n) is 5.55. The van der Waals surface area contributed by atoms with Gasteiger partial charge in [0.25, 0.3) is 0 Å². The highest BCUT2D eigenvalue weighted by molar-refractivity contribution is 9.10. The van der Waals surface area contributed by atoms with Crippen LogP contribution in [0.15, 0.2) is 28.7 Å². The van der Waals surface area contributed by atoms with Crippen molar-refractivity contribution >= 4 is 27.7 Å². The molecule has 0 aliphatic carbocycles. The van der Waals surface area contributed by atoms with Gasteiger partial charge in [-0.1, -0.05) is 22.0 Å². The van der Waals surface area contributed by atoms with E-state index in [0.717, 1.165) is 10.2 Å². The smallest absolute Gasteiger partial charge is 0.407 e. The van der Waals surface area contributed by atoms with E-state index in [1.807, 2.05) is 24.3 Å². The van der Waals surface area contributed by atoms with E-state index in [1.165, 1.54) is 0 Å². The summed E-state index contributed by atoms with van der Waals surface area (Å²) in [7, 11) is 0. The van der Waals surface area contributed by atoms with E-state index in [9.17, 15) is 4.79 Å². The molecule has 2 N–H and O–H groups in total. The van der Waals surface area contributed by atoms with Crippen molar-refractivity contribution in [1.82, 2.24) is 5.32 Å². The van der Waals surface area contributed by atoms with E-state index >= 15 is 0 Å². The number of hydrogen-bond donors (Lipinski definition) is 2. The molecule has 0 fully saturated rings. The third kappa shape index (κ3) is 7.57. The van der Waals surface area contributed by atoms with Gasteiger partial charge in [-0.25, -0.2) is 4.79 Å². The average Bonchev–Trinajstić information content (AvgIpc) is 2.35. The van der Waals surface area contributed by atoms with Crippen molar-refractivity contribution in [3.8, 4) is 6.07 Å². The fourth-order valence-corrected chi connectivity index (χ4v) is 1.98. The highest BCUT2D eigenvalue weighted by Crippen LogP contribution is 2.16. The van der Waals surface area contributed by atoms with Gasteiger partial charge >= 0.3 is 6.09 Å². The maximum Gasteiger partial charge on any atom is 0.407 e. The molecule has 1 amide bonds. The van der Waals surface area contributed by atoms with Crippen LogP contribution in [0.1, 0.15) is 27.2 Å². The lowest BCUT2D eigenvalue weighted by Crippen LogP contribution is -2.34. The van der Waals surface area contributed by atoms with Crippen molar-refractivity contribution in [1.29, 1.82) is 5.26 Å². The van der Waals surface area contributed by atoms with Crippen LogP contribution < -0.4 is 10.6 Å². The Morgan fingerprint density at radius 3 is 2.76 bits per heavy atom. The van der Waals surface area contributed by atoms with Gasteiger partial charge in [0.05, 0.1) is 6.07 Å². The lowest BCUT2D eigenvalue weighted by Gasteiger charge is -2.20. The summed E-state index contributed by atoms with van der Waals surface area (Å²) in [6.45, 7) is 5.78. The summed E-state index contributed by atoms with van der Waals surface area (Å²) in [4.78, 5) is 11.5. The third-order valence-electron chi connectivity index (χ3n) is 2.42. The SMILES string of the molecule is CC(C)(C)OC(=O)NCCC(C#N)Nc1cccc(Br)c1. The van der Waals surface area contributed by atoms with Crippen LogP contribution in [0.5, 0.6) is 0 Å². The molecule has 0 saturated heterocycles. The Bertz CT molecular complexity index is 520. The molecule has 1 unspecified atom stereocenters. The Hall–Kier alpha value is -1.74. The van der Waals surface area contributed by atoms with Crippen LogP contribution in [0, 0.1) is 11.3 Å². The van der Waals surface area contributed by atoms with E-state index in [-0.39, 0.29) is 6.04 Å². The maximum absolute atomic E-state index is 11.5. The number of nitrogens with one attached hydrogen (secondary N) is 2. The summed E-state index contributed by atoms with van der Waals surface area (Å²) in [5.41, 5.74) is 0.334. The number of anilines is 1. The van der Waals surface area contributed by atoms with Crippen LogP contribution in [-0.4, -0.2) is 24.3 Å². The minimum absolute atomic E-state index is 0.369. The normalized spacial score (nSPS) is 12.1. The Morgan fingerprint density at radius 2 is 2.19 bits per heavy atom. The Labute approximate surface area is 133 Å². The van der Waals surface area contributed by atoms with E-state index < -0.39 is 11.7 Å². The molecule has 0 aliphatic rings. The van der Waals surface area contributed by atoms with Crippen molar-refractivity contribution in [3.63, 3.8) is 0 Å². The van der Waals surface area contributed by atoms with Crippen molar-refractivity contribution in [2.75, 3.05) is 11.9 Å². The molecule has 1 rings (SSSR count). The zero-order valence-corrected chi connectivity index (χ0v) is 14.0. The fraction of sp³-hybridized carbons (Fsp3) is 0.467. The summed E-state index contributed by atoms with van der Waals surface area (Å²) in [6, 6.07) is 9.37. The molecule has 114 valence electrons. The number of carbonyl (C=O) groups is 1. The molecule has 0 bridgehead atoms. The van der Waals surface area contributed by atoms with E-state index in [2.05, 4.69) is 32.6 Å². The summed E-state index contributed by atoms with van der Waals surface area (Å²) in [6.07, 6.45) is 0.0177. The van der Waals surface area contributed by atoms with Crippen LogP contribution in [0.2, 0.25) is 0 Å². The number of nitriles is 1. The van der Waals surface area contributed by atoms with Gasteiger partial charge in [0.1, 0.15) is 11.6 Å². The quantitative estimate of drug-likeness (QED) is 0.846. The van der Waals surface area contributed by atoms with E-state index in [4.69, 9.17) is 10.00 Å². The Morgan fingerprint density at radius 1 is 1.48 bits per heavy atom. The van der Waals surface area contributed by atoms with E-state index in [1.54, 1.807) is 20.8 Å². The van der Waals surface area contributed by atoms with Crippen LogP contribution in [-0.2, 0) is 4.74 Å². The molecule has 0 radical (unpaired) electrons. The summed E-state index contributed by atoms with van der Waals surface area (Å²) in [5, 5.41) is 14.9. The highest BCUT2D eigenvalue weighted by Gasteiger charge is 2.16. The molecule has 0 aromatic heterocycles. The van der Waals surface area contributed by atoms with Gasteiger partial charge in [0, 0.05) is 16.7 Å². The zero-order valence-electron chi connectivity index (χ0n) is 12.4. The van der Waals surface area contributed by atoms with Crippen molar-refractivity contribution in [2.45, 2.75) is 38.8 Å². The molecule has 1 aromatic carbocycles. The second kappa shape index (κ2) is 7.89. The first-order valence-electron chi connectivity index (χ1n) is 6.69. The highest BCUT2D eigenvalue weighted by atomic mass is 79.9. The van der Waals surface area contributed by atoms with Gasteiger partial charge in [0.2, 0.25) is 0 Å². The molecular weight excluding hydrogens is 334 g/mol. The largest absolute Gasteiger partial charge is 0.444 e. The molecule has 21 heavy (non-hydrogen) atoms. The standard InChI is InChI=1S/C15H20BrN3O2/c1-15(2,3)21-14(20)18-8-7-13(10-17)19-12-6-4-5-11(16)9-12/h4-6,9,13,19H,7-8H2,1-3H3,(H,18,20). The zero-order chi connectivity index (χ0) is 15.9. The first-order chi connectivity index (χ1) is 9.80. The molecular formula is C15H20BrN3O2. The molecule has 0 aliphatic heterocycles. The fourth-order valence-electron chi connectivity index (χ4n) is 1.58. The lowest BCUT2D eigenvalue weighted by atomic mass is 10.2. The first kappa shape index (κ1) is 17.3. The number of nitrogens with zero attached hydrogens (tertiary/aromatic N) is 1. The number of rotatable bonds is 5. The summed E-state index contributed by atoms with van der Waals surface area (Å²) >= 11 is 3.38. The number of amides is 1. The molecule has 6 heteroatoms. The second-order valence-corrected chi connectivity index (χ2v) is 6.47. The van der Waals surface area contributed by atoms with Crippen molar-refractivity contribution < 1.29 is 9.53 Å². The van der Waals surface area contributed by atoms with Crippen LogP contribution in [0.25, 0.3) is 0 Å². The van der Waals surface area contributed by atoms with Gasteiger partial charge in [-0.05, 0) is 45.4 Å². The van der Waals surface area contributed by atoms with Crippen molar-refractivity contribution in [2.24, 2.45) is 0 Å². The number of alkyl carbamates (subject to hydrolysis) is 1. The molecule has 0 saturated carbocycles. The summed E-state index contributed by atoms with van der Waals surface area (Å²) < 4.78 is 6.07. The monoisotopic (exact) mass is 353 g/mol. The van der Waals surface area contributed by atoms with Gasteiger partial charge in [-0.15, -0.1) is 0 Å². The topological polar surface area (TPSA) is 74.1 Å². The van der Waals surface area contributed by atoms with E-state index in [0.29, 0.717) is 13.0 Å². The minimum atomic E-state index is -0.521. The minimum Gasteiger partial charge on any atom is -0.444 e. The van der Waals surface area contributed by atoms with Crippen LogP contribution in [0.3, 0.4) is 0 Å². The Kier molecular flexibility index (Phi) is 6.50. The van der Waals surface area contributed by atoms with Crippen molar-refractivity contribution in [3.05, 3.63) is 28.7 Å². The molecule has 0 spiro atoms. The number of hydrogen-bond acceptors (Lipinski definition) is 4. The molecule has 5 nitrogen and oxygen atoms in total. The Balaban J connectivity index is 2.39. The summed E-state index contributed by atoms with van der Waals surface area (Å²) in [5.74, 6) is 0. The first-order valence-corrected chi connectivity index (χ1v) is 7.48. The average molecular weight is 354 g/mol. The van der Waals surface area contributed by atoms with Gasteiger partial charge in [0.15, 0.2) is 0 Å². The van der Waals surface area contributed by atoms with Crippen LogP contribution >= 0.6 is 15.9 Å². The maximum atomic E-state index is 11.5. The van der Waals surface area contributed by atoms with Crippen LogP contribution in [0.4, 0.5) is 10.5 Å². The molecule has 1 aromatic rings.